The Kier molecular flexibility index (Phi) is 2.52. The summed E-state index contributed by atoms with van der Waals surface area (Å²) in [6, 6.07) is 5.65. The van der Waals surface area contributed by atoms with Crippen molar-refractivity contribution in [2.45, 2.75) is 0 Å². The first-order valence-corrected chi connectivity index (χ1v) is 5.25. The number of hydrogen-bond donors (Lipinski definition) is 0. The van der Waals surface area contributed by atoms with Crippen LogP contribution in [0.15, 0.2) is 22.8 Å². The molecule has 0 atom stereocenters. The van der Waals surface area contributed by atoms with Crippen molar-refractivity contribution in [3.63, 3.8) is 0 Å². The van der Waals surface area contributed by atoms with Gasteiger partial charge in [0.1, 0.15) is 5.75 Å². The minimum absolute atomic E-state index is 0.676. The number of aromatic nitrogens is 1. The van der Waals surface area contributed by atoms with Crippen molar-refractivity contribution >= 4 is 33.1 Å². The van der Waals surface area contributed by atoms with Crippen molar-refractivity contribution in [2.75, 3.05) is 7.11 Å². The first-order valence-electron chi connectivity index (χ1n) is 4.46. The molecule has 0 aliphatic rings. The monoisotopic (exact) mass is 267 g/mol. The molecule has 1 aromatic heterocycles. The highest BCUT2D eigenvalue weighted by atomic mass is 79.9. The topological polar surface area (TPSA) is 31.2 Å². The molecule has 0 radical (unpaired) electrons. The average Bonchev–Trinajstić information content (AvgIpc) is 2.51. The standard InChI is InChI=1S/C11H10BrNO2/c1-13-10-5-7(15-2)3-4-8(10)9(6-14)11(13)12/h3-6H,1-2H3. The third-order valence-corrected chi connectivity index (χ3v) is 3.45. The van der Waals surface area contributed by atoms with Crippen LogP contribution in [-0.4, -0.2) is 18.0 Å². The molecule has 0 amide bonds. The van der Waals surface area contributed by atoms with Crippen molar-refractivity contribution < 1.29 is 9.53 Å². The Morgan fingerprint density at radius 2 is 2.20 bits per heavy atom. The van der Waals surface area contributed by atoms with Gasteiger partial charge < -0.3 is 9.30 Å². The van der Waals surface area contributed by atoms with Crippen LogP contribution in [0.4, 0.5) is 0 Å². The molecule has 78 valence electrons. The molecule has 15 heavy (non-hydrogen) atoms. The highest BCUT2D eigenvalue weighted by molar-refractivity contribution is 9.10. The van der Waals surface area contributed by atoms with Gasteiger partial charge >= 0.3 is 0 Å². The number of aldehydes is 1. The number of ether oxygens (including phenoxy) is 1. The van der Waals surface area contributed by atoms with Crippen LogP contribution >= 0.6 is 15.9 Å². The van der Waals surface area contributed by atoms with E-state index in [0.29, 0.717) is 5.56 Å². The molecular weight excluding hydrogens is 258 g/mol. The summed E-state index contributed by atoms with van der Waals surface area (Å²) in [5, 5.41) is 0.931. The average molecular weight is 268 g/mol. The van der Waals surface area contributed by atoms with Crippen molar-refractivity contribution in [3.8, 4) is 5.75 Å². The molecule has 3 nitrogen and oxygen atoms in total. The van der Waals surface area contributed by atoms with Gasteiger partial charge in [-0.25, -0.2) is 0 Å². The largest absolute Gasteiger partial charge is 0.497 e. The number of hydrogen-bond acceptors (Lipinski definition) is 2. The van der Waals surface area contributed by atoms with Crippen LogP contribution in [0.5, 0.6) is 5.75 Å². The zero-order chi connectivity index (χ0) is 11.0. The summed E-state index contributed by atoms with van der Waals surface area (Å²) in [4.78, 5) is 10.9. The third-order valence-electron chi connectivity index (χ3n) is 2.49. The number of methoxy groups -OCH3 is 1. The van der Waals surface area contributed by atoms with E-state index in [1.54, 1.807) is 7.11 Å². The molecule has 2 rings (SSSR count). The lowest BCUT2D eigenvalue weighted by Crippen LogP contribution is -1.88. The second-order valence-electron chi connectivity index (χ2n) is 3.26. The van der Waals surface area contributed by atoms with Crippen molar-refractivity contribution in [3.05, 3.63) is 28.4 Å². The maximum absolute atomic E-state index is 10.9. The molecule has 0 fully saturated rings. The van der Waals surface area contributed by atoms with Crippen LogP contribution in [0, 0.1) is 0 Å². The summed E-state index contributed by atoms with van der Waals surface area (Å²) >= 11 is 3.39. The van der Waals surface area contributed by atoms with Crippen LogP contribution in [0.1, 0.15) is 10.4 Å². The molecular formula is C11H10BrNO2. The number of rotatable bonds is 2. The lowest BCUT2D eigenvalue weighted by atomic mass is 10.2. The van der Waals surface area contributed by atoms with Gasteiger partial charge in [-0.15, -0.1) is 0 Å². The molecule has 0 unspecified atom stereocenters. The van der Waals surface area contributed by atoms with E-state index in [4.69, 9.17) is 4.74 Å². The quantitative estimate of drug-likeness (QED) is 0.784. The Bertz CT molecular complexity index is 531. The Labute approximate surface area is 95.8 Å². The maximum Gasteiger partial charge on any atom is 0.153 e. The van der Waals surface area contributed by atoms with E-state index in [2.05, 4.69) is 15.9 Å². The van der Waals surface area contributed by atoms with E-state index in [9.17, 15) is 4.79 Å². The van der Waals surface area contributed by atoms with Gasteiger partial charge in [0, 0.05) is 18.5 Å². The Balaban J connectivity index is 2.84. The lowest BCUT2D eigenvalue weighted by molar-refractivity contribution is 0.112. The second kappa shape index (κ2) is 3.70. The number of aryl methyl sites for hydroxylation is 1. The first-order chi connectivity index (χ1) is 7.19. The fraction of sp³-hybridized carbons (Fsp3) is 0.182. The van der Waals surface area contributed by atoms with Crippen LogP contribution < -0.4 is 4.74 Å². The molecule has 0 saturated carbocycles. The number of nitrogens with zero attached hydrogens (tertiary/aromatic N) is 1. The molecule has 0 aliphatic carbocycles. The van der Waals surface area contributed by atoms with Gasteiger partial charge in [0.25, 0.3) is 0 Å². The molecule has 0 N–H and O–H groups in total. The van der Waals surface area contributed by atoms with Crippen molar-refractivity contribution in [1.29, 1.82) is 0 Å². The summed E-state index contributed by atoms with van der Waals surface area (Å²) in [6.45, 7) is 0. The van der Waals surface area contributed by atoms with Gasteiger partial charge in [-0.05, 0) is 28.1 Å². The predicted octanol–water partition coefficient (Wildman–Crippen LogP) is 2.76. The summed E-state index contributed by atoms with van der Waals surface area (Å²) < 4.78 is 7.85. The van der Waals surface area contributed by atoms with E-state index < -0.39 is 0 Å². The molecule has 1 aromatic carbocycles. The molecule has 2 aromatic rings. The highest BCUT2D eigenvalue weighted by Gasteiger charge is 2.12. The zero-order valence-electron chi connectivity index (χ0n) is 8.45. The molecule has 0 bridgehead atoms. The van der Waals surface area contributed by atoms with E-state index in [-0.39, 0.29) is 0 Å². The van der Waals surface area contributed by atoms with Crippen molar-refractivity contribution in [2.24, 2.45) is 7.05 Å². The smallest absolute Gasteiger partial charge is 0.153 e. The number of fused-ring (bicyclic) bond motifs is 1. The van der Waals surface area contributed by atoms with Gasteiger partial charge in [0.2, 0.25) is 0 Å². The predicted molar refractivity (Wildman–Crippen MR) is 62.6 cm³/mol. The third kappa shape index (κ3) is 1.45. The Morgan fingerprint density at radius 1 is 1.47 bits per heavy atom. The summed E-state index contributed by atoms with van der Waals surface area (Å²) in [6.07, 6.45) is 0.860. The van der Waals surface area contributed by atoms with Crippen LogP contribution in [0.25, 0.3) is 10.9 Å². The fourth-order valence-corrected chi connectivity index (χ4v) is 2.15. The number of carbonyl (C=O) groups is 1. The first kappa shape index (κ1) is 10.2. The van der Waals surface area contributed by atoms with Gasteiger partial charge in [-0.1, -0.05) is 0 Å². The molecule has 0 spiro atoms. The van der Waals surface area contributed by atoms with Gasteiger partial charge in [-0.2, -0.15) is 0 Å². The Hall–Kier alpha value is -1.29. The van der Waals surface area contributed by atoms with E-state index in [1.165, 1.54) is 0 Å². The SMILES string of the molecule is COc1ccc2c(C=O)c(Br)n(C)c2c1. The van der Waals surface area contributed by atoms with E-state index in [1.807, 2.05) is 29.8 Å². The van der Waals surface area contributed by atoms with Gasteiger partial charge in [0.05, 0.1) is 22.8 Å². The summed E-state index contributed by atoms with van der Waals surface area (Å²) in [5.74, 6) is 0.785. The minimum Gasteiger partial charge on any atom is -0.497 e. The number of benzene rings is 1. The highest BCUT2D eigenvalue weighted by Crippen LogP contribution is 2.30. The number of halogens is 1. The minimum atomic E-state index is 0.676. The summed E-state index contributed by atoms with van der Waals surface area (Å²) in [5.41, 5.74) is 1.65. The Morgan fingerprint density at radius 3 is 2.80 bits per heavy atom. The number of carbonyl (C=O) groups excluding carboxylic acids is 1. The van der Waals surface area contributed by atoms with Gasteiger partial charge in [-0.3, -0.25) is 4.79 Å². The lowest BCUT2D eigenvalue weighted by Gasteiger charge is -2.01. The van der Waals surface area contributed by atoms with Crippen molar-refractivity contribution in [1.82, 2.24) is 4.57 Å². The fourth-order valence-electron chi connectivity index (χ4n) is 1.65. The van der Waals surface area contributed by atoms with E-state index >= 15 is 0 Å². The van der Waals surface area contributed by atoms with Crippen LogP contribution in [0.2, 0.25) is 0 Å². The summed E-state index contributed by atoms with van der Waals surface area (Å²) in [7, 11) is 3.53. The molecule has 0 saturated heterocycles. The molecule has 0 aliphatic heterocycles. The molecule has 4 heteroatoms. The van der Waals surface area contributed by atoms with E-state index in [0.717, 1.165) is 27.5 Å². The normalized spacial score (nSPS) is 10.6. The van der Waals surface area contributed by atoms with Crippen LogP contribution in [0.3, 0.4) is 0 Å². The maximum atomic E-state index is 10.9. The zero-order valence-corrected chi connectivity index (χ0v) is 10.0. The van der Waals surface area contributed by atoms with Crippen LogP contribution in [-0.2, 0) is 7.05 Å². The second-order valence-corrected chi connectivity index (χ2v) is 4.02. The van der Waals surface area contributed by atoms with Gasteiger partial charge in [0.15, 0.2) is 6.29 Å². The molecule has 1 heterocycles.